The predicted molar refractivity (Wildman–Crippen MR) is 62.1 cm³/mol. The van der Waals surface area contributed by atoms with Gasteiger partial charge in [-0.05, 0) is 19.1 Å². The molecule has 2 aromatic rings. The predicted octanol–water partition coefficient (Wildman–Crippen LogP) is 1.51. The van der Waals surface area contributed by atoms with Crippen molar-refractivity contribution in [3.63, 3.8) is 0 Å². The molecule has 6 heteroatoms. The smallest absolute Gasteiger partial charge is 0.172 e. The summed E-state index contributed by atoms with van der Waals surface area (Å²) in [5.41, 5.74) is 6.73. The molecule has 2 aromatic heterocycles. The van der Waals surface area contributed by atoms with Gasteiger partial charge in [-0.15, -0.1) is 0 Å². The number of nitrogens with zero attached hydrogens (tertiary/aromatic N) is 3. The van der Waals surface area contributed by atoms with Crippen molar-refractivity contribution in [3.05, 3.63) is 40.8 Å². The van der Waals surface area contributed by atoms with Gasteiger partial charge in [-0.2, -0.15) is 5.10 Å². The highest BCUT2D eigenvalue weighted by atomic mass is 35.5. The minimum atomic E-state index is -0.0856. The minimum Gasteiger partial charge on any atom is -0.384 e. The molecule has 0 bridgehead atoms. The first-order chi connectivity index (χ1) is 7.59. The van der Waals surface area contributed by atoms with Gasteiger partial charge in [0.05, 0.1) is 10.7 Å². The molecule has 16 heavy (non-hydrogen) atoms. The number of aromatic nitrogens is 3. The Bertz CT molecular complexity index is 546. The summed E-state index contributed by atoms with van der Waals surface area (Å²) in [6.07, 6.45) is 3.31. The summed E-state index contributed by atoms with van der Waals surface area (Å²) in [4.78, 5) is 4.12. The van der Waals surface area contributed by atoms with Crippen LogP contribution in [0.1, 0.15) is 11.3 Å². The second kappa shape index (κ2) is 3.94. The van der Waals surface area contributed by atoms with E-state index in [9.17, 15) is 0 Å². The first-order valence-electron chi connectivity index (χ1n) is 4.61. The van der Waals surface area contributed by atoms with Crippen molar-refractivity contribution in [3.8, 4) is 5.82 Å². The van der Waals surface area contributed by atoms with E-state index < -0.39 is 0 Å². The summed E-state index contributed by atoms with van der Waals surface area (Å²) in [5.74, 6) is 0.389. The van der Waals surface area contributed by atoms with Crippen molar-refractivity contribution in [2.75, 3.05) is 0 Å². The Kier molecular flexibility index (Phi) is 2.62. The minimum absolute atomic E-state index is 0.0856. The molecular formula is C10H10ClN5. The molecule has 2 heterocycles. The molecule has 0 spiro atoms. The van der Waals surface area contributed by atoms with E-state index in [1.807, 2.05) is 13.0 Å². The van der Waals surface area contributed by atoms with E-state index in [1.165, 1.54) is 0 Å². The third-order valence-corrected chi connectivity index (χ3v) is 2.47. The standard InChI is InChI=1S/C10H10ClN5/c1-6-3-5-16(15-6)10-8(11)7(9(12)13)2-4-14-10/h2-5H,1H3,(H3,12,13). The molecule has 5 nitrogen and oxygen atoms in total. The van der Waals surface area contributed by atoms with Crippen molar-refractivity contribution < 1.29 is 0 Å². The van der Waals surface area contributed by atoms with E-state index in [1.54, 1.807) is 23.1 Å². The highest BCUT2D eigenvalue weighted by Gasteiger charge is 2.11. The zero-order valence-corrected chi connectivity index (χ0v) is 9.36. The van der Waals surface area contributed by atoms with E-state index in [0.29, 0.717) is 16.4 Å². The lowest BCUT2D eigenvalue weighted by atomic mass is 10.2. The van der Waals surface area contributed by atoms with E-state index in [0.717, 1.165) is 5.69 Å². The maximum absolute atomic E-state index is 7.38. The molecular weight excluding hydrogens is 226 g/mol. The summed E-state index contributed by atoms with van der Waals surface area (Å²) < 4.78 is 1.56. The van der Waals surface area contributed by atoms with Crippen LogP contribution in [0.3, 0.4) is 0 Å². The molecule has 0 aliphatic carbocycles. The zero-order valence-electron chi connectivity index (χ0n) is 8.61. The summed E-state index contributed by atoms with van der Waals surface area (Å²) in [6.45, 7) is 1.87. The van der Waals surface area contributed by atoms with Crippen molar-refractivity contribution in [1.29, 1.82) is 5.41 Å². The van der Waals surface area contributed by atoms with Crippen LogP contribution in [-0.2, 0) is 0 Å². The molecule has 0 radical (unpaired) electrons. The monoisotopic (exact) mass is 235 g/mol. The van der Waals surface area contributed by atoms with Gasteiger partial charge in [-0.3, -0.25) is 5.41 Å². The van der Waals surface area contributed by atoms with E-state index in [4.69, 9.17) is 22.7 Å². The molecule has 0 unspecified atom stereocenters. The van der Waals surface area contributed by atoms with Crippen LogP contribution in [0.4, 0.5) is 0 Å². The van der Waals surface area contributed by atoms with Crippen LogP contribution < -0.4 is 5.73 Å². The van der Waals surface area contributed by atoms with E-state index in [-0.39, 0.29) is 5.84 Å². The fourth-order valence-corrected chi connectivity index (χ4v) is 1.63. The van der Waals surface area contributed by atoms with Crippen LogP contribution in [-0.4, -0.2) is 20.6 Å². The Labute approximate surface area is 97.4 Å². The quantitative estimate of drug-likeness (QED) is 0.612. The number of rotatable bonds is 2. The average molecular weight is 236 g/mol. The molecule has 0 aromatic carbocycles. The number of pyridine rings is 1. The Hall–Kier alpha value is -1.88. The average Bonchev–Trinajstić information content (AvgIpc) is 2.64. The van der Waals surface area contributed by atoms with Crippen molar-refractivity contribution in [1.82, 2.24) is 14.8 Å². The van der Waals surface area contributed by atoms with Gasteiger partial charge in [-0.1, -0.05) is 11.6 Å². The fourth-order valence-electron chi connectivity index (χ4n) is 1.33. The number of halogens is 1. The molecule has 0 fully saturated rings. The molecule has 0 aliphatic rings. The van der Waals surface area contributed by atoms with Gasteiger partial charge in [0.2, 0.25) is 0 Å². The molecule has 0 saturated carbocycles. The fraction of sp³-hybridized carbons (Fsp3) is 0.100. The highest BCUT2D eigenvalue weighted by molar-refractivity contribution is 6.35. The van der Waals surface area contributed by atoms with Crippen molar-refractivity contribution in [2.24, 2.45) is 5.73 Å². The first kappa shape index (κ1) is 10.6. The SMILES string of the molecule is Cc1ccn(-c2nccc(C(=N)N)c2Cl)n1. The molecule has 0 saturated heterocycles. The van der Waals surface area contributed by atoms with Crippen LogP contribution in [0.5, 0.6) is 0 Å². The number of nitrogens with one attached hydrogen (secondary N) is 1. The Morgan fingerprint density at radius 2 is 2.25 bits per heavy atom. The normalized spacial score (nSPS) is 10.4. The number of nitrogens with two attached hydrogens (primary N) is 1. The summed E-state index contributed by atoms with van der Waals surface area (Å²) >= 11 is 6.10. The van der Waals surface area contributed by atoms with Gasteiger partial charge in [0.15, 0.2) is 5.82 Å². The Balaban J connectivity index is 2.58. The number of aryl methyl sites for hydroxylation is 1. The lowest BCUT2D eigenvalue weighted by Gasteiger charge is -2.06. The van der Waals surface area contributed by atoms with Crippen LogP contribution >= 0.6 is 11.6 Å². The van der Waals surface area contributed by atoms with Gasteiger partial charge >= 0.3 is 0 Å². The van der Waals surface area contributed by atoms with Crippen LogP contribution in [0, 0.1) is 12.3 Å². The van der Waals surface area contributed by atoms with Crippen molar-refractivity contribution in [2.45, 2.75) is 6.92 Å². The molecule has 2 rings (SSSR count). The molecule has 0 atom stereocenters. The summed E-state index contributed by atoms with van der Waals surface area (Å²) in [6, 6.07) is 3.45. The van der Waals surface area contributed by atoms with E-state index in [2.05, 4.69) is 10.1 Å². The summed E-state index contributed by atoms with van der Waals surface area (Å²) in [7, 11) is 0. The zero-order chi connectivity index (χ0) is 11.7. The van der Waals surface area contributed by atoms with Gasteiger partial charge in [0.1, 0.15) is 5.84 Å². The second-order valence-corrected chi connectivity index (χ2v) is 3.69. The van der Waals surface area contributed by atoms with Gasteiger partial charge in [-0.25, -0.2) is 9.67 Å². The van der Waals surface area contributed by atoms with Crippen LogP contribution in [0.25, 0.3) is 5.82 Å². The number of amidine groups is 1. The Morgan fingerprint density at radius 1 is 1.50 bits per heavy atom. The number of hydrogen-bond donors (Lipinski definition) is 2. The third-order valence-electron chi connectivity index (χ3n) is 2.10. The maximum atomic E-state index is 7.38. The lowest BCUT2D eigenvalue weighted by Crippen LogP contribution is -2.13. The van der Waals surface area contributed by atoms with Gasteiger partial charge in [0.25, 0.3) is 0 Å². The largest absolute Gasteiger partial charge is 0.384 e. The number of nitrogen functional groups attached to an aromatic ring is 1. The first-order valence-corrected chi connectivity index (χ1v) is 4.99. The molecule has 0 aliphatic heterocycles. The van der Waals surface area contributed by atoms with Crippen molar-refractivity contribution >= 4 is 17.4 Å². The van der Waals surface area contributed by atoms with E-state index >= 15 is 0 Å². The lowest BCUT2D eigenvalue weighted by molar-refractivity contribution is 0.832. The maximum Gasteiger partial charge on any atom is 0.172 e. The molecule has 0 amide bonds. The van der Waals surface area contributed by atoms with Crippen LogP contribution in [0.15, 0.2) is 24.5 Å². The summed E-state index contributed by atoms with van der Waals surface area (Å²) in [5, 5.41) is 11.9. The number of hydrogen-bond acceptors (Lipinski definition) is 3. The topological polar surface area (TPSA) is 80.6 Å². The van der Waals surface area contributed by atoms with Gasteiger partial charge < -0.3 is 5.73 Å². The molecule has 3 N–H and O–H groups in total. The van der Waals surface area contributed by atoms with Gasteiger partial charge in [0, 0.05) is 18.0 Å². The second-order valence-electron chi connectivity index (χ2n) is 3.31. The third kappa shape index (κ3) is 1.77. The Morgan fingerprint density at radius 3 is 2.81 bits per heavy atom. The van der Waals surface area contributed by atoms with Crippen LogP contribution in [0.2, 0.25) is 5.02 Å². The molecule has 82 valence electrons. The highest BCUT2D eigenvalue weighted by Crippen LogP contribution is 2.21.